The smallest absolute Gasteiger partial charge is 0.243 e. The van der Waals surface area contributed by atoms with Gasteiger partial charge in [0.25, 0.3) is 0 Å². The molecule has 0 unspecified atom stereocenters. The molecular formula is C13H23N3O2S. The summed E-state index contributed by atoms with van der Waals surface area (Å²) < 4.78 is 28.5. The van der Waals surface area contributed by atoms with Crippen molar-refractivity contribution in [2.75, 3.05) is 7.05 Å². The lowest BCUT2D eigenvalue weighted by Gasteiger charge is -2.17. The van der Waals surface area contributed by atoms with Gasteiger partial charge in [-0.25, -0.2) is 13.1 Å². The molecule has 1 saturated carbocycles. The largest absolute Gasteiger partial charge is 0.268 e. The first-order valence-corrected chi connectivity index (χ1v) is 8.27. The van der Waals surface area contributed by atoms with Crippen LogP contribution in [0.5, 0.6) is 0 Å². The summed E-state index contributed by atoms with van der Waals surface area (Å²) in [6.07, 6.45) is 6.27. The van der Waals surface area contributed by atoms with Gasteiger partial charge in [-0.1, -0.05) is 33.6 Å². The van der Waals surface area contributed by atoms with Gasteiger partial charge in [0.2, 0.25) is 10.0 Å². The second-order valence-electron chi connectivity index (χ2n) is 6.22. The molecule has 1 aromatic heterocycles. The monoisotopic (exact) mass is 285 g/mol. The molecular weight excluding hydrogens is 262 g/mol. The van der Waals surface area contributed by atoms with Crippen molar-refractivity contribution in [3.05, 3.63) is 11.9 Å². The Morgan fingerprint density at radius 2 is 1.89 bits per heavy atom. The Bertz CT molecular complexity index is 549. The van der Waals surface area contributed by atoms with E-state index in [1.165, 1.54) is 19.9 Å². The molecule has 1 aromatic rings. The maximum Gasteiger partial charge on any atom is 0.243 e. The Morgan fingerprint density at radius 3 is 2.37 bits per heavy atom. The molecule has 108 valence electrons. The third-order valence-electron chi connectivity index (χ3n) is 3.67. The molecule has 0 amide bonds. The Kier molecular flexibility index (Phi) is 3.75. The minimum absolute atomic E-state index is 0.289. The summed E-state index contributed by atoms with van der Waals surface area (Å²) in [6, 6.07) is 0.349. The van der Waals surface area contributed by atoms with E-state index >= 15 is 0 Å². The van der Waals surface area contributed by atoms with Gasteiger partial charge in [-0.05, 0) is 19.9 Å². The lowest BCUT2D eigenvalue weighted by atomic mass is 9.92. The van der Waals surface area contributed by atoms with Gasteiger partial charge in [-0.3, -0.25) is 4.68 Å². The van der Waals surface area contributed by atoms with Gasteiger partial charge in [0.15, 0.2) is 0 Å². The van der Waals surface area contributed by atoms with Crippen LogP contribution in [0.1, 0.15) is 58.2 Å². The maximum atomic E-state index is 12.1. The molecule has 5 nitrogen and oxygen atoms in total. The summed E-state index contributed by atoms with van der Waals surface area (Å²) in [5, 5.41) is 4.58. The van der Waals surface area contributed by atoms with E-state index in [1.807, 2.05) is 25.5 Å². The molecule has 0 aromatic carbocycles. The molecule has 0 bridgehead atoms. The second kappa shape index (κ2) is 4.90. The minimum Gasteiger partial charge on any atom is -0.268 e. The Morgan fingerprint density at radius 1 is 1.32 bits per heavy atom. The van der Waals surface area contributed by atoms with Gasteiger partial charge in [-0.2, -0.15) is 5.10 Å². The average molecular weight is 285 g/mol. The molecule has 1 fully saturated rings. The predicted octanol–water partition coefficient (Wildman–Crippen LogP) is 2.20. The number of sulfonamides is 1. The van der Waals surface area contributed by atoms with Gasteiger partial charge in [0.05, 0.1) is 11.7 Å². The maximum absolute atomic E-state index is 12.1. The molecule has 1 aliphatic carbocycles. The number of hydrogen-bond acceptors (Lipinski definition) is 3. The predicted molar refractivity (Wildman–Crippen MR) is 74.7 cm³/mol. The standard InChI is InChI=1S/C13H23N3O2S/c1-13(2,3)12-11(19(17,18)14-4)9-16(15-12)10-7-5-6-8-10/h9-10,14H,5-8H2,1-4H3. The number of rotatable bonds is 3. The zero-order chi connectivity index (χ0) is 14.3. The third-order valence-corrected chi connectivity index (χ3v) is 5.08. The van der Waals surface area contributed by atoms with E-state index in [-0.39, 0.29) is 5.41 Å². The molecule has 0 spiro atoms. The van der Waals surface area contributed by atoms with E-state index in [9.17, 15) is 8.42 Å². The van der Waals surface area contributed by atoms with Crippen LogP contribution in [-0.4, -0.2) is 25.2 Å². The van der Waals surface area contributed by atoms with Crippen LogP contribution in [0.2, 0.25) is 0 Å². The van der Waals surface area contributed by atoms with Crippen molar-refractivity contribution in [2.24, 2.45) is 0 Å². The van der Waals surface area contributed by atoms with Crippen LogP contribution in [0, 0.1) is 0 Å². The van der Waals surface area contributed by atoms with Gasteiger partial charge >= 0.3 is 0 Å². The average Bonchev–Trinajstić information content (AvgIpc) is 2.96. The van der Waals surface area contributed by atoms with Crippen LogP contribution in [-0.2, 0) is 15.4 Å². The van der Waals surface area contributed by atoms with Crippen molar-refractivity contribution < 1.29 is 8.42 Å². The molecule has 0 atom stereocenters. The number of hydrogen-bond donors (Lipinski definition) is 1. The van der Waals surface area contributed by atoms with Crippen LogP contribution < -0.4 is 4.72 Å². The molecule has 1 aliphatic rings. The Balaban J connectivity index is 2.51. The van der Waals surface area contributed by atoms with Crippen LogP contribution in [0.3, 0.4) is 0 Å². The van der Waals surface area contributed by atoms with Gasteiger partial charge < -0.3 is 0 Å². The van der Waals surface area contributed by atoms with E-state index in [0.717, 1.165) is 12.8 Å². The molecule has 19 heavy (non-hydrogen) atoms. The minimum atomic E-state index is -3.45. The molecule has 2 rings (SSSR count). The first-order chi connectivity index (χ1) is 8.75. The highest BCUT2D eigenvalue weighted by Crippen LogP contribution is 2.33. The van der Waals surface area contributed by atoms with Gasteiger partial charge in [0, 0.05) is 11.6 Å². The Hall–Kier alpha value is -0.880. The fraction of sp³-hybridized carbons (Fsp3) is 0.769. The van der Waals surface area contributed by atoms with Crippen molar-refractivity contribution in [1.82, 2.24) is 14.5 Å². The van der Waals surface area contributed by atoms with E-state index < -0.39 is 10.0 Å². The highest BCUT2D eigenvalue weighted by atomic mass is 32.2. The van der Waals surface area contributed by atoms with Gasteiger partial charge in [0.1, 0.15) is 4.90 Å². The van der Waals surface area contributed by atoms with Crippen LogP contribution >= 0.6 is 0 Å². The van der Waals surface area contributed by atoms with Crippen molar-refractivity contribution >= 4 is 10.0 Å². The molecule has 1 heterocycles. The van der Waals surface area contributed by atoms with E-state index in [4.69, 9.17) is 0 Å². The van der Waals surface area contributed by atoms with Crippen LogP contribution in [0.25, 0.3) is 0 Å². The summed E-state index contributed by atoms with van der Waals surface area (Å²) >= 11 is 0. The fourth-order valence-electron chi connectivity index (χ4n) is 2.56. The fourth-order valence-corrected chi connectivity index (χ4v) is 3.63. The summed E-state index contributed by atoms with van der Waals surface area (Å²) in [5.74, 6) is 0. The normalized spacial score (nSPS) is 18.1. The third kappa shape index (κ3) is 2.84. The van der Waals surface area contributed by atoms with Crippen molar-refractivity contribution in [3.8, 4) is 0 Å². The number of aromatic nitrogens is 2. The van der Waals surface area contributed by atoms with E-state index in [2.05, 4.69) is 9.82 Å². The Labute approximate surface area is 115 Å². The number of nitrogens with one attached hydrogen (secondary N) is 1. The molecule has 6 heteroatoms. The highest BCUT2D eigenvalue weighted by molar-refractivity contribution is 7.89. The van der Waals surface area contributed by atoms with Crippen molar-refractivity contribution in [3.63, 3.8) is 0 Å². The van der Waals surface area contributed by atoms with Crippen molar-refractivity contribution in [1.29, 1.82) is 0 Å². The molecule has 0 aliphatic heterocycles. The second-order valence-corrected chi connectivity index (χ2v) is 8.07. The SMILES string of the molecule is CNS(=O)(=O)c1cn(C2CCCC2)nc1C(C)(C)C. The van der Waals surface area contributed by atoms with Crippen LogP contribution in [0.4, 0.5) is 0 Å². The topological polar surface area (TPSA) is 64.0 Å². The summed E-state index contributed by atoms with van der Waals surface area (Å²) in [6.45, 7) is 5.97. The van der Waals surface area contributed by atoms with Gasteiger partial charge in [-0.15, -0.1) is 0 Å². The molecule has 1 N–H and O–H groups in total. The summed E-state index contributed by atoms with van der Waals surface area (Å²) in [5.41, 5.74) is 0.358. The quantitative estimate of drug-likeness (QED) is 0.926. The zero-order valence-corrected chi connectivity index (χ0v) is 12.9. The number of nitrogens with zero attached hydrogens (tertiary/aromatic N) is 2. The van der Waals surface area contributed by atoms with Crippen molar-refractivity contribution in [2.45, 2.75) is 62.8 Å². The summed E-state index contributed by atoms with van der Waals surface area (Å²) in [4.78, 5) is 0.314. The first kappa shape index (κ1) is 14.5. The highest BCUT2D eigenvalue weighted by Gasteiger charge is 2.31. The lowest BCUT2D eigenvalue weighted by molar-refractivity contribution is 0.448. The lowest BCUT2D eigenvalue weighted by Crippen LogP contribution is -2.23. The molecule has 0 saturated heterocycles. The van der Waals surface area contributed by atoms with E-state index in [1.54, 1.807) is 6.20 Å². The summed E-state index contributed by atoms with van der Waals surface area (Å²) in [7, 11) is -2.01. The zero-order valence-electron chi connectivity index (χ0n) is 12.1. The van der Waals surface area contributed by atoms with Crippen LogP contribution in [0.15, 0.2) is 11.1 Å². The first-order valence-electron chi connectivity index (χ1n) is 6.79. The van der Waals surface area contributed by atoms with E-state index in [0.29, 0.717) is 16.6 Å². The molecule has 0 radical (unpaired) electrons.